The Balaban J connectivity index is 2.90. The zero-order valence-electron chi connectivity index (χ0n) is 9.37. The van der Waals surface area contributed by atoms with Crippen LogP contribution in [0.4, 0.5) is 0 Å². The number of Topliss-reactive ketones (excluding diaryl/α,β-unsaturated/α-hetero) is 1. The van der Waals surface area contributed by atoms with E-state index >= 15 is 0 Å². The molecule has 88 valence electrons. The van der Waals surface area contributed by atoms with Gasteiger partial charge in [-0.2, -0.15) is 0 Å². The van der Waals surface area contributed by atoms with Crippen LogP contribution < -0.4 is 0 Å². The maximum absolute atomic E-state index is 11.5. The summed E-state index contributed by atoms with van der Waals surface area (Å²) in [5.41, 5.74) is 0.740. The number of aliphatic hydroxyl groups excluding tert-OH is 1. The third-order valence-corrected chi connectivity index (χ3v) is 3.93. The predicted molar refractivity (Wildman–Crippen MR) is 71.2 cm³/mol. The quantitative estimate of drug-likeness (QED) is 0.668. The molecule has 0 spiro atoms. The summed E-state index contributed by atoms with van der Waals surface area (Å²) in [7, 11) is 0. The van der Waals surface area contributed by atoms with Crippen LogP contribution in [0.5, 0.6) is 0 Å². The van der Waals surface area contributed by atoms with Crippen LogP contribution in [-0.2, 0) is 0 Å². The number of hydrogen-bond donors (Lipinski definition) is 1. The van der Waals surface area contributed by atoms with Gasteiger partial charge in [0.15, 0.2) is 5.78 Å². The molecule has 4 heteroatoms. The molecule has 16 heavy (non-hydrogen) atoms. The lowest BCUT2D eigenvalue weighted by molar-refractivity contribution is 0.101. The van der Waals surface area contributed by atoms with E-state index in [2.05, 4.69) is 15.9 Å². The van der Waals surface area contributed by atoms with Crippen molar-refractivity contribution in [3.63, 3.8) is 0 Å². The van der Waals surface area contributed by atoms with Gasteiger partial charge in [-0.3, -0.25) is 4.79 Å². The number of hydrogen-bond acceptors (Lipinski definition) is 3. The van der Waals surface area contributed by atoms with Crippen LogP contribution in [0.25, 0.3) is 0 Å². The Bertz CT molecular complexity index is 379. The summed E-state index contributed by atoms with van der Waals surface area (Å²) in [6.07, 6.45) is 0.734. The van der Waals surface area contributed by atoms with Gasteiger partial charge in [-0.1, -0.05) is 22.9 Å². The van der Waals surface area contributed by atoms with E-state index in [1.54, 1.807) is 18.7 Å². The zero-order chi connectivity index (χ0) is 12.1. The second kappa shape index (κ2) is 6.42. The topological polar surface area (TPSA) is 37.3 Å². The lowest BCUT2D eigenvalue weighted by Gasteiger charge is -2.12. The number of rotatable bonds is 5. The molecular weight excluding hydrogens is 288 g/mol. The van der Waals surface area contributed by atoms with Gasteiger partial charge in [-0.15, -0.1) is 11.8 Å². The van der Waals surface area contributed by atoms with Gasteiger partial charge < -0.3 is 5.11 Å². The third kappa shape index (κ3) is 3.92. The van der Waals surface area contributed by atoms with Gasteiger partial charge >= 0.3 is 0 Å². The molecule has 0 radical (unpaired) electrons. The van der Waals surface area contributed by atoms with Gasteiger partial charge in [-0.05, 0) is 31.5 Å². The summed E-state index contributed by atoms with van der Waals surface area (Å²) in [6.45, 7) is 3.80. The minimum absolute atomic E-state index is 0.0694. The molecule has 0 aliphatic heterocycles. The van der Waals surface area contributed by atoms with Gasteiger partial charge in [0.1, 0.15) is 0 Å². The Morgan fingerprint density at radius 1 is 1.56 bits per heavy atom. The summed E-state index contributed by atoms with van der Waals surface area (Å²) in [6, 6.07) is 5.72. The molecule has 2 nitrogen and oxygen atoms in total. The van der Waals surface area contributed by atoms with Crippen LogP contribution in [0.3, 0.4) is 0 Å². The normalized spacial score (nSPS) is 12.5. The third-order valence-electron chi connectivity index (χ3n) is 2.18. The highest BCUT2D eigenvalue weighted by molar-refractivity contribution is 9.10. The van der Waals surface area contributed by atoms with Gasteiger partial charge in [0.25, 0.3) is 0 Å². The Morgan fingerprint density at radius 3 is 2.81 bits per heavy atom. The van der Waals surface area contributed by atoms with E-state index < -0.39 is 0 Å². The Kier molecular flexibility index (Phi) is 5.52. The molecule has 1 N–H and O–H groups in total. The molecule has 0 bridgehead atoms. The SMILES string of the molecule is CC(=O)c1cc(Br)ccc1SC(C)CCO. The van der Waals surface area contributed by atoms with Crippen LogP contribution in [0.15, 0.2) is 27.6 Å². The van der Waals surface area contributed by atoms with Crippen LogP contribution in [0.2, 0.25) is 0 Å². The van der Waals surface area contributed by atoms with E-state index in [0.29, 0.717) is 5.25 Å². The van der Waals surface area contributed by atoms with E-state index in [4.69, 9.17) is 5.11 Å². The monoisotopic (exact) mass is 302 g/mol. The average molecular weight is 303 g/mol. The van der Waals surface area contributed by atoms with Crippen molar-refractivity contribution in [3.8, 4) is 0 Å². The minimum atomic E-state index is 0.0694. The zero-order valence-corrected chi connectivity index (χ0v) is 11.8. The first kappa shape index (κ1) is 13.7. The molecule has 1 aromatic carbocycles. The van der Waals surface area contributed by atoms with E-state index in [0.717, 1.165) is 21.4 Å². The largest absolute Gasteiger partial charge is 0.396 e. The maximum atomic E-state index is 11.5. The average Bonchev–Trinajstić information content (AvgIpc) is 2.20. The molecule has 0 saturated carbocycles. The number of benzene rings is 1. The second-order valence-corrected chi connectivity index (χ2v) is 6.03. The Hall–Kier alpha value is -0.320. The summed E-state index contributed by atoms with van der Waals surface area (Å²) >= 11 is 4.99. The molecule has 0 aliphatic carbocycles. The first-order valence-corrected chi connectivity index (χ1v) is 6.80. The minimum Gasteiger partial charge on any atom is -0.396 e. The fourth-order valence-electron chi connectivity index (χ4n) is 1.34. The van der Waals surface area contributed by atoms with Crippen molar-refractivity contribution in [2.75, 3.05) is 6.61 Å². The van der Waals surface area contributed by atoms with E-state index in [9.17, 15) is 4.79 Å². The fourth-order valence-corrected chi connectivity index (χ4v) is 2.83. The van der Waals surface area contributed by atoms with Crippen LogP contribution in [-0.4, -0.2) is 22.7 Å². The number of aliphatic hydroxyl groups is 1. The standard InChI is InChI=1S/C12H15BrO2S/c1-8(5-6-14)16-12-4-3-10(13)7-11(12)9(2)15/h3-4,7-8,14H,5-6H2,1-2H3. The lowest BCUT2D eigenvalue weighted by atomic mass is 10.1. The first-order chi connectivity index (χ1) is 7.54. The lowest BCUT2D eigenvalue weighted by Crippen LogP contribution is -2.02. The molecule has 1 aromatic rings. The highest BCUT2D eigenvalue weighted by Crippen LogP contribution is 2.30. The molecule has 1 atom stereocenters. The second-order valence-electron chi connectivity index (χ2n) is 3.64. The molecule has 0 amide bonds. The smallest absolute Gasteiger partial charge is 0.160 e. The molecule has 0 saturated heterocycles. The van der Waals surface area contributed by atoms with Crippen LogP contribution >= 0.6 is 27.7 Å². The summed E-state index contributed by atoms with van der Waals surface area (Å²) in [5, 5.41) is 9.16. The van der Waals surface area contributed by atoms with Crippen molar-refractivity contribution >= 4 is 33.5 Å². The molecular formula is C12H15BrO2S. The molecule has 0 aromatic heterocycles. The van der Waals surface area contributed by atoms with Gasteiger partial charge in [0.2, 0.25) is 0 Å². The summed E-state index contributed by atoms with van der Waals surface area (Å²) < 4.78 is 0.914. The van der Waals surface area contributed by atoms with E-state index in [1.807, 2.05) is 25.1 Å². The van der Waals surface area contributed by atoms with Gasteiger partial charge in [0, 0.05) is 26.8 Å². The van der Waals surface area contributed by atoms with Gasteiger partial charge in [0.05, 0.1) is 0 Å². The molecule has 1 unspecified atom stereocenters. The van der Waals surface area contributed by atoms with Crippen molar-refractivity contribution in [1.82, 2.24) is 0 Å². The first-order valence-electron chi connectivity index (χ1n) is 5.12. The number of carbonyl (C=O) groups excluding carboxylic acids is 1. The highest BCUT2D eigenvalue weighted by atomic mass is 79.9. The molecule has 1 rings (SSSR count). The van der Waals surface area contributed by atoms with Gasteiger partial charge in [-0.25, -0.2) is 0 Å². The number of halogens is 1. The van der Waals surface area contributed by atoms with Crippen LogP contribution in [0.1, 0.15) is 30.6 Å². The van der Waals surface area contributed by atoms with Crippen molar-refractivity contribution < 1.29 is 9.90 Å². The Morgan fingerprint density at radius 2 is 2.25 bits per heavy atom. The summed E-state index contributed by atoms with van der Waals surface area (Å²) in [5.74, 6) is 0.0694. The summed E-state index contributed by atoms with van der Waals surface area (Å²) in [4.78, 5) is 12.5. The van der Waals surface area contributed by atoms with E-state index in [1.165, 1.54) is 0 Å². The van der Waals surface area contributed by atoms with Crippen molar-refractivity contribution in [2.45, 2.75) is 30.4 Å². The number of thioether (sulfide) groups is 1. The molecule has 0 fully saturated rings. The Labute approximate surface area is 109 Å². The number of carbonyl (C=O) groups is 1. The highest BCUT2D eigenvalue weighted by Gasteiger charge is 2.11. The maximum Gasteiger partial charge on any atom is 0.160 e. The van der Waals surface area contributed by atoms with Crippen molar-refractivity contribution in [3.05, 3.63) is 28.2 Å². The fraction of sp³-hybridized carbons (Fsp3) is 0.417. The van der Waals surface area contributed by atoms with Crippen molar-refractivity contribution in [1.29, 1.82) is 0 Å². The van der Waals surface area contributed by atoms with E-state index in [-0.39, 0.29) is 12.4 Å². The van der Waals surface area contributed by atoms with Crippen molar-refractivity contribution in [2.24, 2.45) is 0 Å². The molecule has 0 aliphatic rings. The number of ketones is 1. The predicted octanol–water partition coefficient (Wildman–Crippen LogP) is 3.51. The van der Waals surface area contributed by atoms with Crippen LogP contribution in [0, 0.1) is 0 Å². The molecule has 0 heterocycles.